The van der Waals surface area contributed by atoms with Crippen molar-refractivity contribution in [1.82, 2.24) is 19.4 Å². The molecule has 1 fully saturated rings. The molecule has 0 aliphatic carbocycles. The molecule has 0 atom stereocenters. The molecule has 0 unspecified atom stereocenters. The maximum Gasteiger partial charge on any atom is 0.289 e. The van der Waals surface area contributed by atoms with E-state index in [4.69, 9.17) is 11.6 Å². The van der Waals surface area contributed by atoms with Crippen LogP contribution in [0.3, 0.4) is 0 Å². The van der Waals surface area contributed by atoms with Gasteiger partial charge >= 0.3 is 0 Å². The molecular weight excluding hydrogens is 416 g/mol. The van der Waals surface area contributed by atoms with Crippen LogP contribution in [0.15, 0.2) is 49.1 Å². The van der Waals surface area contributed by atoms with E-state index in [-0.39, 0.29) is 17.9 Å². The standard InChI is InChI=1S/C22H21ClN6O2/c1-27-7-5-25-20(27)22(31)28-12-17(13-28)26-16-9-18(11-24-10-16)29-6-4-14-8-15(23)2-3-19(14)21(29)30/h2-3,5,7-11,17,26H,4,6,12-13H2,1H3. The number of benzene rings is 1. The second-order valence-electron chi connectivity index (χ2n) is 7.85. The van der Waals surface area contributed by atoms with Gasteiger partial charge in [-0.1, -0.05) is 11.6 Å². The van der Waals surface area contributed by atoms with Gasteiger partial charge in [-0.05, 0) is 36.2 Å². The lowest BCUT2D eigenvalue weighted by Crippen LogP contribution is -2.57. The highest BCUT2D eigenvalue weighted by atomic mass is 35.5. The van der Waals surface area contributed by atoms with Crippen molar-refractivity contribution in [1.29, 1.82) is 0 Å². The van der Waals surface area contributed by atoms with Gasteiger partial charge in [-0.3, -0.25) is 14.6 Å². The van der Waals surface area contributed by atoms with E-state index in [1.807, 2.05) is 19.2 Å². The number of hydrogen-bond acceptors (Lipinski definition) is 5. The minimum absolute atomic E-state index is 0.0487. The van der Waals surface area contributed by atoms with Crippen LogP contribution in [-0.4, -0.2) is 56.9 Å². The van der Waals surface area contributed by atoms with Crippen LogP contribution in [0.4, 0.5) is 11.4 Å². The number of imidazole rings is 1. The molecule has 31 heavy (non-hydrogen) atoms. The molecule has 2 aliphatic heterocycles. The Kier molecular flexibility index (Phi) is 4.86. The first-order valence-electron chi connectivity index (χ1n) is 10.1. The molecule has 0 radical (unpaired) electrons. The van der Waals surface area contributed by atoms with Crippen LogP contribution in [0.25, 0.3) is 0 Å². The molecule has 1 saturated heterocycles. The third-order valence-corrected chi connectivity index (χ3v) is 5.97. The molecule has 0 saturated carbocycles. The lowest BCUT2D eigenvalue weighted by Gasteiger charge is -2.39. The van der Waals surface area contributed by atoms with E-state index in [9.17, 15) is 9.59 Å². The summed E-state index contributed by atoms with van der Waals surface area (Å²) in [5, 5.41) is 4.05. The molecular formula is C22H21ClN6O2. The second kappa shape index (κ2) is 7.70. The maximum atomic E-state index is 13.0. The minimum Gasteiger partial charge on any atom is -0.377 e. The number of carbonyl (C=O) groups is 2. The van der Waals surface area contributed by atoms with Crippen molar-refractivity contribution in [2.45, 2.75) is 12.5 Å². The van der Waals surface area contributed by atoms with Crippen LogP contribution in [-0.2, 0) is 13.5 Å². The number of anilines is 2. The summed E-state index contributed by atoms with van der Waals surface area (Å²) in [6, 6.07) is 7.43. The molecule has 9 heteroatoms. The Morgan fingerprint density at radius 2 is 2.06 bits per heavy atom. The molecule has 0 spiro atoms. The van der Waals surface area contributed by atoms with Crippen molar-refractivity contribution in [3.63, 3.8) is 0 Å². The third kappa shape index (κ3) is 3.63. The van der Waals surface area contributed by atoms with E-state index in [0.29, 0.717) is 36.0 Å². The number of pyridine rings is 1. The number of carbonyl (C=O) groups excluding carboxylic acids is 2. The first kappa shape index (κ1) is 19.6. The van der Waals surface area contributed by atoms with Crippen molar-refractivity contribution in [3.8, 4) is 0 Å². The Bertz CT molecular complexity index is 1170. The summed E-state index contributed by atoms with van der Waals surface area (Å²) in [7, 11) is 1.81. The zero-order valence-corrected chi connectivity index (χ0v) is 17.7. The van der Waals surface area contributed by atoms with Gasteiger partial charge in [0.25, 0.3) is 11.8 Å². The fourth-order valence-electron chi connectivity index (χ4n) is 4.04. The summed E-state index contributed by atoms with van der Waals surface area (Å²) in [6.45, 7) is 1.76. The Balaban J connectivity index is 1.25. The molecule has 2 amide bonds. The molecule has 4 heterocycles. The van der Waals surface area contributed by atoms with Crippen molar-refractivity contribution < 1.29 is 9.59 Å². The zero-order valence-electron chi connectivity index (χ0n) is 17.0. The highest BCUT2D eigenvalue weighted by Gasteiger charge is 2.33. The number of fused-ring (bicyclic) bond motifs is 1. The Morgan fingerprint density at radius 3 is 2.84 bits per heavy atom. The fraction of sp³-hybridized carbons (Fsp3) is 0.273. The Hall–Kier alpha value is -3.39. The van der Waals surface area contributed by atoms with Crippen LogP contribution in [0.5, 0.6) is 0 Å². The summed E-state index contributed by atoms with van der Waals surface area (Å²) in [6.07, 6.45) is 7.55. The number of aryl methyl sites for hydroxylation is 1. The van der Waals surface area contributed by atoms with E-state index < -0.39 is 0 Å². The first-order valence-corrected chi connectivity index (χ1v) is 10.5. The van der Waals surface area contributed by atoms with E-state index in [2.05, 4.69) is 15.3 Å². The maximum absolute atomic E-state index is 13.0. The monoisotopic (exact) mass is 436 g/mol. The number of amides is 2. The van der Waals surface area contributed by atoms with Crippen LogP contribution in [0.2, 0.25) is 5.02 Å². The molecule has 158 valence electrons. The predicted molar refractivity (Wildman–Crippen MR) is 118 cm³/mol. The summed E-state index contributed by atoms with van der Waals surface area (Å²) in [5.74, 6) is 0.315. The largest absolute Gasteiger partial charge is 0.377 e. The number of aromatic nitrogens is 3. The second-order valence-corrected chi connectivity index (χ2v) is 8.29. The van der Waals surface area contributed by atoms with E-state index in [0.717, 1.165) is 23.4 Å². The number of likely N-dealkylation sites (tertiary alicyclic amines) is 1. The molecule has 3 aromatic rings. The number of hydrogen-bond donors (Lipinski definition) is 1. The van der Waals surface area contributed by atoms with Crippen molar-refractivity contribution in [3.05, 3.63) is 71.0 Å². The van der Waals surface area contributed by atoms with Crippen LogP contribution >= 0.6 is 11.6 Å². The highest BCUT2D eigenvalue weighted by molar-refractivity contribution is 6.30. The van der Waals surface area contributed by atoms with Crippen LogP contribution in [0, 0.1) is 0 Å². The third-order valence-electron chi connectivity index (χ3n) is 5.74. The highest BCUT2D eigenvalue weighted by Crippen LogP contribution is 2.28. The summed E-state index contributed by atoms with van der Waals surface area (Å²) < 4.78 is 1.72. The van der Waals surface area contributed by atoms with Gasteiger partial charge in [0, 0.05) is 49.7 Å². The SMILES string of the molecule is Cn1ccnc1C(=O)N1CC(Nc2cncc(N3CCc4cc(Cl)ccc4C3=O)c2)C1. The normalized spacial score (nSPS) is 16.1. The van der Waals surface area contributed by atoms with Gasteiger partial charge in [-0.25, -0.2) is 4.98 Å². The molecule has 8 nitrogen and oxygen atoms in total. The molecule has 1 aromatic carbocycles. The van der Waals surface area contributed by atoms with Gasteiger partial charge < -0.3 is 19.7 Å². The summed E-state index contributed by atoms with van der Waals surface area (Å²) >= 11 is 6.06. The molecule has 2 aromatic heterocycles. The zero-order chi connectivity index (χ0) is 21.5. The van der Waals surface area contributed by atoms with Gasteiger partial charge in [-0.15, -0.1) is 0 Å². The van der Waals surface area contributed by atoms with Crippen molar-refractivity contribution >= 4 is 34.8 Å². The van der Waals surface area contributed by atoms with Gasteiger partial charge in [0.1, 0.15) is 0 Å². The summed E-state index contributed by atoms with van der Waals surface area (Å²) in [5.41, 5.74) is 3.22. The fourth-order valence-corrected chi connectivity index (χ4v) is 4.24. The number of nitrogens with one attached hydrogen (secondary N) is 1. The lowest BCUT2D eigenvalue weighted by atomic mass is 9.99. The van der Waals surface area contributed by atoms with E-state index >= 15 is 0 Å². The van der Waals surface area contributed by atoms with Gasteiger partial charge in [0.15, 0.2) is 5.82 Å². The first-order chi connectivity index (χ1) is 15.0. The van der Waals surface area contributed by atoms with Gasteiger partial charge in [-0.2, -0.15) is 0 Å². The van der Waals surface area contributed by atoms with Crippen molar-refractivity contribution in [2.75, 3.05) is 29.9 Å². The predicted octanol–water partition coefficient (Wildman–Crippen LogP) is 2.61. The number of nitrogens with zero attached hydrogens (tertiary/aromatic N) is 5. The lowest BCUT2D eigenvalue weighted by molar-refractivity contribution is 0.0608. The molecule has 1 N–H and O–H groups in total. The average molecular weight is 437 g/mol. The van der Waals surface area contributed by atoms with E-state index in [1.54, 1.807) is 51.3 Å². The van der Waals surface area contributed by atoms with Crippen LogP contribution in [0.1, 0.15) is 26.5 Å². The van der Waals surface area contributed by atoms with E-state index in [1.165, 1.54) is 0 Å². The summed E-state index contributed by atoms with van der Waals surface area (Å²) in [4.78, 5) is 37.4. The average Bonchev–Trinajstić information content (AvgIpc) is 3.16. The van der Waals surface area contributed by atoms with Crippen LogP contribution < -0.4 is 10.2 Å². The molecule has 5 rings (SSSR count). The quantitative estimate of drug-likeness (QED) is 0.679. The Labute approximate surface area is 184 Å². The minimum atomic E-state index is -0.0740. The van der Waals surface area contributed by atoms with Crippen molar-refractivity contribution in [2.24, 2.45) is 7.05 Å². The molecule has 2 aliphatic rings. The number of rotatable bonds is 4. The van der Waals surface area contributed by atoms with Gasteiger partial charge in [0.2, 0.25) is 0 Å². The topological polar surface area (TPSA) is 83.4 Å². The Morgan fingerprint density at radius 1 is 1.23 bits per heavy atom. The van der Waals surface area contributed by atoms with Gasteiger partial charge in [0.05, 0.1) is 29.8 Å². The smallest absolute Gasteiger partial charge is 0.289 e. The molecule has 0 bridgehead atoms. The number of halogens is 1.